The van der Waals surface area contributed by atoms with Gasteiger partial charge in [0.05, 0.1) is 11.1 Å². The zero-order chi connectivity index (χ0) is 19.2. The molecule has 2 aromatic rings. The molecule has 0 aliphatic carbocycles. The zero-order valence-electron chi connectivity index (χ0n) is 16.0. The lowest BCUT2D eigenvalue weighted by atomic mass is 9.99. The second-order valence-corrected chi connectivity index (χ2v) is 7.70. The normalized spacial score (nSPS) is 18.0. The van der Waals surface area contributed by atoms with Crippen molar-refractivity contribution in [3.8, 4) is 5.75 Å². The van der Waals surface area contributed by atoms with Crippen molar-refractivity contribution in [3.05, 3.63) is 59.1 Å². The van der Waals surface area contributed by atoms with Crippen molar-refractivity contribution in [2.45, 2.75) is 32.7 Å². The first-order valence-electron chi connectivity index (χ1n) is 9.54. The summed E-state index contributed by atoms with van der Waals surface area (Å²) in [5.41, 5.74) is 2.33. The lowest BCUT2D eigenvalue weighted by Gasteiger charge is -2.33. The topological polar surface area (TPSA) is 41.6 Å². The predicted octanol–water partition coefficient (Wildman–Crippen LogP) is 4.83. The molecule has 5 heteroatoms. The van der Waals surface area contributed by atoms with E-state index in [0.717, 1.165) is 24.6 Å². The average molecular weight is 387 g/mol. The third-order valence-electron chi connectivity index (χ3n) is 4.99. The molecule has 2 aromatic carbocycles. The van der Waals surface area contributed by atoms with Crippen LogP contribution in [0.1, 0.15) is 38.3 Å². The monoisotopic (exact) mass is 386 g/mol. The van der Waals surface area contributed by atoms with Crippen molar-refractivity contribution in [2.75, 3.05) is 24.6 Å². The lowest BCUT2D eigenvalue weighted by Crippen LogP contribution is -2.34. The number of carbonyl (C=O) groups excluding carboxylic acids is 1. The van der Waals surface area contributed by atoms with Gasteiger partial charge < -0.3 is 15.0 Å². The van der Waals surface area contributed by atoms with Gasteiger partial charge in [0.15, 0.2) is 6.61 Å². The van der Waals surface area contributed by atoms with Crippen LogP contribution in [0.15, 0.2) is 48.5 Å². The van der Waals surface area contributed by atoms with E-state index >= 15 is 0 Å². The Hall–Kier alpha value is -2.20. The number of amides is 1. The number of piperidine rings is 1. The first kappa shape index (κ1) is 19.6. The minimum absolute atomic E-state index is 0.0577. The van der Waals surface area contributed by atoms with E-state index in [9.17, 15) is 4.79 Å². The van der Waals surface area contributed by atoms with E-state index < -0.39 is 0 Å². The van der Waals surface area contributed by atoms with Crippen molar-refractivity contribution >= 4 is 23.2 Å². The van der Waals surface area contributed by atoms with E-state index in [0.29, 0.717) is 10.8 Å². The average Bonchev–Trinajstić information content (AvgIpc) is 2.67. The van der Waals surface area contributed by atoms with Crippen molar-refractivity contribution in [3.63, 3.8) is 0 Å². The van der Waals surface area contributed by atoms with Crippen LogP contribution in [0.3, 0.4) is 0 Å². The molecule has 144 valence electrons. The van der Waals surface area contributed by atoms with Crippen molar-refractivity contribution in [1.29, 1.82) is 0 Å². The number of halogens is 1. The number of hydrogen-bond donors (Lipinski definition) is 1. The largest absolute Gasteiger partial charge is 0.482 e. The summed E-state index contributed by atoms with van der Waals surface area (Å²) < 4.78 is 5.49. The molecule has 1 fully saturated rings. The van der Waals surface area contributed by atoms with E-state index in [2.05, 4.69) is 41.4 Å². The molecule has 1 heterocycles. The Kier molecular flexibility index (Phi) is 6.62. The van der Waals surface area contributed by atoms with Gasteiger partial charge in [0, 0.05) is 18.8 Å². The fourth-order valence-corrected chi connectivity index (χ4v) is 3.66. The summed E-state index contributed by atoms with van der Waals surface area (Å²) in [5, 5.41) is 3.47. The Bertz CT molecular complexity index is 763. The number of benzene rings is 2. The highest BCUT2D eigenvalue weighted by Crippen LogP contribution is 2.25. The number of para-hydroxylation sites is 1. The third-order valence-corrected chi connectivity index (χ3v) is 5.30. The van der Waals surface area contributed by atoms with Crippen LogP contribution in [-0.2, 0) is 4.79 Å². The molecule has 4 nitrogen and oxygen atoms in total. The Balaban J connectivity index is 1.52. The van der Waals surface area contributed by atoms with Crippen LogP contribution in [0.4, 0.5) is 5.69 Å². The molecule has 1 aliphatic rings. The number of hydrogen-bond acceptors (Lipinski definition) is 3. The van der Waals surface area contributed by atoms with Crippen LogP contribution in [0.2, 0.25) is 5.02 Å². The molecule has 0 saturated carbocycles. The first-order chi connectivity index (χ1) is 13.0. The van der Waals surface area contributed by atoms with E-state index in [1.54, 1.807) is 12.1 Å². The maximum absolute atomic E-state index is 12.2. The number of ether oxygens (including phenoxy) is 1. The van der Waals surface area contributed by atoms with Crippen LogP contribution in [0.25, 0.3) is 0 Å². The number of rotatable bonds is 6. The predicted molar refractivity (Wildman–Crippen MR) is 111 cm³/mol. The summed E-state index contributed by atoms with van der Waals surface area (Å²) >= 11 is 6.04. The number of carbonyl (C=O) groups is 1. The highest BCUT2D eigenvalue weighted by molar-refractivity contribution is 6.32. The SMILES string of the molecule is CC1CCCN(c2ccc(C(C)NC(=O)COc3ccccc3Cl)cc2)C1. The molecule has 1 aliphatic heterocycles. The van der Waals surface area contributed by atoms with Gasteiger partial charge in [0.25, 0.3) is 5.91 Å². The molecule has 1 amide bonds. The van der Waals surface area contributed by atoms with Crippen LogP contribution < -0.4 is 15.0 Å². The highest BCUT2D eigenvalue weighted by atomic mass is 35.5. The summed E-state index contributed by atoms with van der Waals surface area (Å²) in [7, 11) is 0. The molecular formula is C22H27ClN2O2. The van der Waals surface area contributed by atoms with E-state index in [1.807, 2.05) is 19.1 Å². The van der Waals surface area contributed by atoms with Gasteiger partial charge in [-0.1, -0.05) is 42.8 Å². The van der Waals surface area contributed by atoms with Crippen LogP contribution in [-0.4, -0.2) is 25.6 Å². The second-order valence-electron chi connectivity index (χ2n) is 7.29. The summed E-state index contributed by atoms with van der Waals surface area (Å²) in [4.78, 5) is 14.6. The molecule has 27 heavy (non-hydrogen) atoms. The lowest BCUT2D eigenvalue weighted by molar-refractivity contribution is -0.123. The third kappa shape index (κ3) is 5.39. The van der Waals surface area contributed by atoms with Gasteiger partial charge >= 0.3 is 0 Å². The fourth-order valence-electron chi connectivity index (χ4n) is 3.47. The fraction of sp³-hybridized carbons (Fsp3) is 0.409. The molecule has 3 rings (SSSR count). The molecule has 1 N–H and O–H groups in total. The Morgan fingerprint density at radius 1 is 1.26 bits per heavy atom. The van der Waals surface area contributed by atoms with Gasteiger partial charge in [-0.3, -0.25) is 4.79 Å². The molecule has 0 radical (unpaired) electrons. The summed E-state index contributed by atoms with van der Waals surface area (Å²) in [6.45, 7) is 6.46. The highest BCUT2D eigenvalue weighted by Gasteiger charge is 2.17. The standard InChI is InChI=1S/C22H27ClN2O2/c1-16-6-5-13-25(14-16)19-11-9-18(10-12-19)17(2)24-22(26)15-27-21-8-4-3-7-20(21)23/h3-4,7-12,16-17H,5-6,13-15H2,1-2H3,(H,24,26). The number of nitrogens with zero attached hydrogens (tertiary/aromatic N) is 1. The first-order valence-corrected chi connectivity index (χ1v) is 9.92. The molecule has 0 aromatic heterocycles. The molecule has 0 bridgehead atoms. The van der Waals surface area contributed by atoms with Gasteiger partial charge in [0.1, 0.15) is 5.75 Å². The second kappa shape index (κ2) is 9.14. The van der Waals surface area contributed by atoms with Crippen molar-refractivity contribution < 1.29 is 9.53 Å². The maximum Gasteiger partial charge on any atom is 0.258 e. The van der Waals surface area contributed by atoms with Gasteiger partial charge in [-0.15, -0.1) is 0 Å². The quantitative estimate of drug-likeness (QED) is 0.772. The number of anilines is 1. The minimum atomic E-state index is -0.170. The van der Waals surface area contributed by atoms with E-state index in [1.165, 1.54) is 18.5 Å². The smallest absolute Gasteiger partial charge is 0.258 e. The molecule has 2 atom stereocenters. The summed E-state index contributed by atoms with van der Waals surface area (Å²) in [6, 6.07) is 15.5. The molecular weight excluding hydrogens is 360 g/mol. The van der Waals surface area contributed by atoms with Gasteiger partial charge in [0.2, 0.25) is 0 Å². The Labute approximate surface area is 166 Å². The summed E-state index contributed by atoms with van der Waals surface area (Å²) in [5.74, 6) is 1.09. The minimum Gasteiger partial charge on any atom is -0.482 e. The van der Waals surface area contributed by atoms with Gasteiger partial charge in [-0.05, 0) is 55.5 Å². The van der Waals surface area contributed by atoms with Gasteiger partial charge in [-0.2, -0.15) is 0 Å². The van der Waals surface area contributed by atoms with Crippen LogP contribution >= 0.6 is 11.6 Å². The molecule has 2 unspecified atom stereocenters. The molecule has 1 saturated heterocycles. The van der Waals surface area contributed by atoms with Gasteiger partial charge in [-0.25, -0.2) is 0 Å². The summed E-state index contributed by atoms with van der Waals surface area (Å²) in [6.07, 6.45) is 2.56. The van der Waals surface area contributed by atoms with E-state index in [4.69, 9.17) is 16.3 Å². The van der Waals surface area contributed by atoms with Crippen LogP contribution in [0.5, 0.6) is 5.75 Å². The maximum atomic E-state index is 12.2. The van der Waals surface area contributed by atoms with Crippen molar-refractivity contribution in [2.24, 2.45) is 5.92 Å². The number of nitrogens with one attached hydrogen (secondary N) is 1. The van der Waals surface area contributed by atoms with Crippen molar-refractivity contribution in [1.82, 2.24) is 5.32 Å². The van der Waals surface area contributed by atoms with Crippen LogP contribution in [0, 0.1) is 5.92 Å². The molecule has 0 spiro atoms. The van der Waals surface area contributed by atoms with E-state index in [-0.39, 0.29) is 18.6 Å². The zero-order valence-corrected chi connectivity index (χ0v) is 16.7. The Morgan fingerprint density at radius 3 is 2.70 bits per heavy atom. The Morgan fingerprint density at radius 2 is 2.00 bits per heavy atom.